The van der Waals surface area contributed by atoms with Crippen LogP contribution in [-0.4, -0.2) is 49.4 Å². The first-order chi connectivity index (χ1) is 16.5. The number of nitrogens with zero attached hydrogens (tertiary/aromatic N) is 1. The summed E-state index contributed by atoms with van der Waals surface area (Å²) < 4.78 is 5.18. The van der Waals surface area contributed by atoms with Gasteiger partial charge in [-0.15, -0.1) is 0 Å². The molecule has 1 atom stereocenters. The molecule has 0 saturated carbocycles. The van der Waals surface area contributed by atoms with Crippen molar-refractivity contribution in [3.05, 3.63) is 65.7 Å². The molecule has 34 heavy (non-hydrogen) atoms. The standard InChI is InChI=1S/C27H35N3O4/c1-34-24-12-9-21(10-13-24)11-14-26(32)30-18-5-8-23(15-17-28-25(31)16-19-30)27(33)29-20-22-6-3-2-4-7-22/h2-4,6-7,9-10,12-13,23H,5,8,11,14-20H2,1H3,(H,28,31)(H,29,33). The Bertz CT molecular complexity index is 931. The van der Waals surface area contributed by atoms with E-state index < -0.39 is 0 Å². The van der Waals surface area contributed by atoms with E-state index >= 15 is 0 Å². The quantitative estimate of drug-likeness (QED) is 0.658. The topological polar surface area (TPSA) is 87.7 Å². The average molecular weight is 466 g/mol. The Morgan fingerprint density at radius 1 is 1.03 bits per heavy atom. The lowest BCUT2D eigenvalue weighted by molar-refractivity contribution is -0.132. The first-order valence-corrected chi connectivity index (χ1v) is 12.0. The second kappa shape index (κ2) is 13.4. The Kier molecular flexibility index (Phi) is 9.95. The minimum Gasteiger partial charge on any atom is -0.497 e. The highest BCUT2D eigenvalue weighted by atomic mass is 16.5. The number of hydrogen-bond acceptors (Lipinski definition) is 4. The maximum atomic E-state index is 12.9. The van der Waals surface area contributed by atoms with Crippen LogP contribution in [0.1, 0.15) is 43.2 Å². The maximum absolute atomic E-state index is 12.9. The van der Waals surface area contributed by atoms with Crippen LogP contribution in [-0.2, 0) is 27.3 Å². The van der Waals surface area contributed by atoms with E-state index in [1.165, 1.54) is 0 Å². The molecule has 1 saturated heterocycles. The zero-order chi connectivity index (χ0) is 24.2. The molecule has 1 fully saturated rings. The molecule has 0 aromatic heterocycles. The van der Waals surface area contributed by atoms with E-state index in [9.17, 15) is 14.4 Å². The van der Waals surface area contributed by atoms with Crippen molar-refractivity contribution in [1.82, 2.24) is 15.5 Å². The van der Waals surface area contributed by atoms with Crippen LogP contribution in [0.5, 0.6) is 5.75 Å². The summed E-state index contributed by atoms with van der Waals surface area (Å²) in [6.07, 6.45) is 3.30. The Balaban J connectivity index is 1.53. The van der Waals surface area contributed by atoms with Crippen molar-refractivity contribution < 1.29 is 19.1 Å². The molecule has 2 aromatic carbocycles. The maximum Gasteiger partial charge on any atom is 0.223 e. The molecule has 0 spiro atoms. The molecule has 1 unspecified atom stereocenters. The summed E-state index contributed by atoms with van der Waals surface area (Å²) in [4.78, 5) is 39.7. The number of rotatable bonds is 7. The fraction of sp³-hybridized carbons (Fsp3) is 0.444. The monoisotopic (exact) mass is 465 g/mol. The van der Waals surface area contributed by atoms with Crippen molar-refractivity contribution in [3.8, 4) is 5.75 Å². The van der Waals surface area contributed by atoms with E-state index in [4.69, 9.17) is 4.74 Å². The third-order valence-corrected chi connectivity index (χ3v) is 6.22. The summed E-state index contributed by atoms with van der Waals surface area (Å²) in [5.74, 6) is 0.537. The van der Waals surface area contributed by atoms with Gasteiger partial charge in [0.05, 0.1) is 7.11 Å². The van der Waals surface area contributed by atoms with E-state index in [2.05, 4.69) is 10.6 Å². The van der Waals surface area contributed by atoms with Crippen LogP contribution in [0.2, 0.25) is 0 Å². The predicted octanol–water partition coefficient (Wildman–Crippen LogP) is 3.08. The number of benzene rings is 2. The summed E-state index contributed by atoms with van der Waals surface area (Å²) >= 11 is 0. The molecular formula is C27H35N3O4. The number of aryl methyl sites for hydroxylation is 1. The Hall–Kier alpha value is -3.35. The molecule has 1 aliphatic rings. The first kappa shape index (κ1) is 25.3. The van der Waals surface area contributed by atoms with Gasteiger partial charge >= 0.3 is 0 Å². The first-order valence-electron chi connectivity index (χ1n) is 12.0. The van der Waals surface area contributed by atoms with Crippen LogP contribution >= 0.6 is 0 Å². The second-order valence-corrected chi connectivity index (χ2v) is 8.66. The zero-order valence-corrected chi connectivity index (χ0v) is 19.9. The molecule has 3 amide bonds. The fourth-order valence-electron chi connectivity index (χ4n) is 4.14. The van der Waals surface area contributed by atoms with Crippen molar-refractivity contribution >= 4 is 17.7 Å². The SMILES string of the molecule is COc1ccc(CCC(=O)N2CCCC(C(=O)NCc3ccccc3)CCNC(=O)CC2)cc1. The molecule has 7 heteroatoms. The molecule has 1 aliphatic heterocycles. The van der Waals surface area contributed by atoms with Crippen LogP contribution in [0.4, 0.5) is 0 Å². The van der Waals surface area contributed by atoms with Crippen molar-refractivity contribution in [1.29, 1.82) is 0 Å². The van der Waals surface area contributed by atoms with Crippen LogP contribution in [0, 0.1) is 5.92 Å². The number of amides is 3. The minimum absolute atomic E-state index is 0.00488. The molecule has 0 bridgehead atoms. The molecule has 7 nitrogen and oxygen atoms in total. The highest BCUT2D eigenvalue weighted by Gasteiger charge is 2.22. The summed E-state index contributed by atoms with van der Waals surface area (Å²) in [5.41, 5.74) is 2.12. The van der Waals surface area contributed by atoms with Crippen LogP contribution < -0.4 is 15.4 Å². The fourth-order valence-corrected chi connectivity index (χ4v) is 4.14. The lowest BCUT2D eigenvalue weighted by atomic mass is 9.97. The van der Waals surface area contributed by atoms with Crippen LogP contribution in [0.3, 0.4) is 0 Å². The van der Waals surface area contributed by atoms with Gasteiger partial charge in [0, 0.05) is 44.9 Å². The van der Waals surface area contributed by atoms with E-state index in [1.807, 2.05) is 54.6 Å². The van der Waals surface area contributed by atoms with E-state index in [0.717, 1.165) is 23.3 Å². The van der Waals surface area contributed by atoms with Crippen molar-refractivity contribution in [2.75, 3.05) is 26.7 Å². The molecule has 2 aromatic rings. The van der Waals surface area contributed by atoms with E-state index in [0.29, 0.717) is 51.9 Å². The van der Waals surface area contributed by atoms with Gasteiger partial charge in [0.25, 0.3) is 0 Å². The third-order valence-electron chi connectivity index (χ3n) is 6.22. The molecule has 3 rings (SSSR count). The predicted molar refractivity (Wildman–Crippen MR) is 131 cm³/mol. The van der Waals surface area contributed by atoms with Gasteiger partial charge in [0.15, 0.2) is 0 Å². The number of carbonyl (C=O) groups is 3. The molecule has 2 N–H and O–H groups in total. The molecule has 0 aliphatic carbocycles. The van der Waals surface area contributed by atoms with Crippen molar-refractivity contribution in [3.63, 3.8) is 0 Å². The average Bonchev–Trinajstić information content (AvgIpc) is 2.91. The van der Waals surface area contributed by atoms with Gasteiger partial charge in [-0.1, -0.05) is 42.5 Å². The number of ether oxygens (including phenoxy) is 1. The smallest absolute Gasteiger partial charge is 0.223 e. The Labute approximate surface area is 201 Å². The van der Waals surface area contributed by atoms with Crippen LogP contribution in [0.15, 0.2) is 54.6 Å². The minimum atomic E-state index is -0.196. The Morgan fingerprint density at radius 3 is 2.53 bits per heavy atom. The highest BCUT2D eigenvalue weighted by molar-refractivity contribution is 5.80. The number of nitrogens with one attached hydrogen (secondary N) is 2. The number of hydrogen-bond donors (Lipinski definition) is 2. The largest absolute Gasteiger partial charge is 0.497 e. The van der Waals surface area contributed by atoms with Gasteiger partial charge in [0.1, 0.15) is 5.75 Å². The summed E-state index contributed by atoms with van der Waals surface area (Å²) in [6, 6.07) is 17.5. The van der Waals surface area contributed by atoms with Gasteiger partial charge in [-0.25, -0.2) is 0 Å². The lowest BCUT2D eigenvalue weighted by Gasteiger charge is -2.23. The zero-order valence-electron chi connectivity index (χ0n) is 19.9. The summed E-state index contributed by atoms with van der Waals surface area (Å²) in [6.45, 7) is 1.90. The second-order valence-electron chi connectivity index (χ2n) is 8.66. The van der Waals surface area contributed by atoms with Gasteiger partial charge in [0.2, 0.25) is 17.7 Å². The summed E-state index contributed by atoms with van der Waals surface area (Å²) in [7, 11) is 1.63. The molecular weight excluding hydrogens is 430 g/mol. The Morgan fingerprint density at radius 2 is 1.79 bits per heavy atom. The van der Waals surface area contributed by atoms with Crippen molar-refractivity contribution in [2.45, 2.75) is 45.1 Å². The number of carbonyl (C=O) groups excluding carboxylic acids is 3. The molecule has 0 radical (unpaired) electrons. The van der Waals surface area contributed by atoms with Gasteiger partial charge < -0.3 is 20.3 Å². The number of methoxy groups -OCH3 is 1. The third kappa shape index (κ3) is 8.21. The van der Waals surface area contributed by atoms with E-state index in [1.54, 1.807) is 12.0 Å². The lowest BCUT2D eigenvalue weighted by Crippen LogP contribution is -2.35. The van der Waals surface area contributed by atoms with Gasteiger partial charge in [-0.2, -0.15) is 0 Å². The summed E-state index contributed by atoms with van der Waals surface area (Å²) in [5, 5.41) is 5.92. The van der Waals surface area contributed by atoms with Crippen LogP contribution in [0.25, 0.3) is 0 Å². The van der Waals surface area contributed by atoms with Gasteiger partial charge in [-0.05, 0) is 48.9 Å². The van der Waals surface area contributed by atoms with E-state index in [-0.39, 0.29) is 30.1 Å². The van der Waals surface area contributed by atoms with Crippen molar-refractivity contribution in [2.24, 2.45) is 5.92 Å². The molecule has 1 heterocycles. The highest BCUT2D eigenvalue weighted by Crippen LogP contribution is 2.16. The molecule has 182 valence electrons. The normalized spacial score (nSPS) is 17.3. The van der Waals surface area contributed by atoms with Gasteiger partial charge in [-0.3, -0.25) is 14.4 Å².